The summed E-state index contributed by atoms with van der Waals surface area (Å²) in [4.78, 5) is 16.0. The lowest BCUT2D eigenvalue weighted by atomic mass is 9.67. The Labute approximate surface area is 208 Å². The van der Waals surface area contributed by atoms with E-state index in [0.29, 0.717) is 22.6 Å². The number of rotatable bonds is 5. The van der Waals surface area contributed by atoms with Crippen LogP contribution in [-0.2, 0) is 0 Å². The highest BCUT2D eigenvalue weighted by Gasteiger charge is 2.63. The summed E-state index contributed by atoms with van der Waals surface area (Å²) >= 11 is 0. The van der Waals surface area contributed by atoms with Gasteiger partial charge in [0, 0.05) is 17.7 Å². The molecule has 0 unspecified atom stereocenters. The summed E-state index contributed by atoms with van der Waals surface area (Å²) in [5.74, 6) is -0.714. The molecule has 2 aliphatic rings. The van der Waals surface area contributed by atoms with E-state index in [0.717, 1.165) is 11.1 Å². The first-order valence-corrected chi connectivity index (χ1v) is 11.4. The van der Waals surface area contributed by atoms with Gasteiger partial charge in [-0.25, -0.2) is 4.39 Å². The summed E-state index contributed by atoms with van der Waals surface area (Å²) < 4.78 is 24.6. The quantitative estimate of drug-likeness (QED) is 0.465. The third-order valence-corrected chi connectivity index (χ3v) is 7.11. The maximum absolute atomic E-state index is 14.2. The van der Waals surface area contributed by atoms with Crippen LogP contribution >= 0.6 is 0 Å². The number of halogens is 1. The number of fused-ring (bicyclic) bond motifs is 3. The van der Waals surface area contributed by atoms with E-state index in [4.69, 9.17) is 9.47 Å². The van der Waals surface area contributed by atoms with Crippen molar-refractivity contribution in [1.82, 2.24) is 4.90 Å². The minimum atomic E-state index is -1.62. The van der Waals surface area contributed by atoms with Crippen molar-refractivity contribution in [2.45, 2.75) is 18.0 Å². The normalized spacial score (nSPS) is 21.0. The van der Waals surface area contributed by atoms with Crippen LogP contribution in [0.5, 0.6) is 11.5 Å². The minimum Gasteiger partial charge on any atom is -0.493 e. The average Bonchev–Trinajstić information content (AvgIpc) is 3.23. The molecule has 178 valence electrons. The van der Waals surface area contributed by atoms with Crippen LogP contribution < -0.4 is 9.47 Å². The number of benzene rings is 3. The fourth-order valence-electron chi connectivity index (χ4n) is 5.50. The van der Waals surface area contributed by atoms with Gasteiger partial charge in [0.05, 0.1) is 32.4 Å². The Hall–Kier alpha value is -4.62. The molecule has 0 radical (unpaired) electrons. The fraction of sp³-hybridized carbons (Fsp3) is 0.207. The SMILES string of the molecule is COc1ccc(C(=O)[C@H]2[C@H](c3ccc(F)cc3)C(C#N)(C#N)[C@@H]3c4ccccc4C=CN32)cc1OC. The molecule has 1 fully saturated rings. The predicted octanol–water partition coefficient (Wildman–Crippen LogP) is 5.25. The van der Waals surface area contributed by atoms with E-state index in [1.807, 2.05) is 35.2 Å². The van der Waals surface area contributed by atoms with Gasteiger partial charge < -0.3 is 14.4 Å². The van der Waals surface area contributed by atoms with Crippen molar-refractivity contribution in [2.24, 2.45) is 5.41 Å². The third kappa shape index (κ3) is 3.32. The molecule has 0 aromatic heterocycles. The van der Waals surface area contributed by atoms with Gasteiger partial charge in [0.15, 0.2) is 22.7 Å². The average molecular weight is 480 g/mol. The zero-order chi connectivity index (χ0) is 25.4. The van der Waals surface area contributed by atoms with Gasteiger partial charge in [-0.15, -0.1) is 0 Å². The second kappa shape index (κ2) is 8.87. The van der Waals surface area contributed by atoms with Crippen LogP contribution in [0.15, 0.2) is 72.9 Å². The predicted molar refractivity (Wildman–Crippen MR) is 131 cm³/mol. The first kappa shape index (κ1) is 23.1. The molecular formula is C29H22FN3O3. The van der Waals surface area contributed by atoms with Crippen LogP contribution in [0.1, 0.15) is 39.0 Å². The van der Waals surface area contributed by atoms with E-state index in [1.165, 1.54) is 26.4 Å². The first-order chi connectivity index (χ1) is 17.5. The van der Waals surface area contributed by atoms with Gasteiger partial charge in [-0.05, 0) is 53.1 Å². The number of ether oxygens (including phenoxy) is 2. The highest BCUT2D eigenvalue weighted by atomic mass is 19.1. The van der Waals surface area contributed by atoms with Crippen molar-refractivity contribution >= 4 is 11.9 Å². The lowest BCUT2D eigenvalue weighted by Gasteiger charge is -2.34. The zero-order valence-corrected chi connectivity index (χ0v) is 19.7. The molecule has 5 rings (SSSR count). The number of hydrogen-bond donors (Lipinski definition) is 0. The molecule has 36 heavy (non-hydrogen) atoms. The summed E-state index contributed by atoms with van der Waals surface area (Å²) in [6.07, 6.45) is 3.66. The van der Waals surface area contributed by atoms with E-state index in [1.54, 1.807) is 36.5 Å². The molecule has 2 heterocycles. The van der Waals surface area contributed by atoms with Crippen LogP contribution in [0.4, 0.5) is 4.39 Å². The Morgan fingerprint density at radius 2 is 1.67 bits per heavy atom. The molecule has 3 atom stereocenters. The minimum absolute atomic E-state index is 0.285. The smallest absolute Gasteiger partial charge is 0.186 e. The van der Waals surface area contributed by atoms with E-state index >= 15 is 0 Å². The maximum Gasteiger partial charge on any atom is 0.186 e. The van der Waals surface area contributed by atoms with Gasteiger partial charge in [0.2, 0.25) is 0 Å². The second-order valence-electron chi connectivity index (χ2n) is 8.80. The van der Waals surface area contributed by atoms with E-state index in [2.05, 4.69) is 12.1 Å². The van der Waals surface area contributed by atoms with Gasteiger partial charge in [-0.1, -0.05) is 36.4 Å². The number of hydrogen-bond acceptors (Lipinski definition) is 6. The number of ketones is 1. The summed E-state index contributed by atoms with van der Waals surface area (Å²) in [7, 11) is 3.00. The molecule has 0 bridgehead atoms. The molecule has 2 aliphatic heterocycles. The number of nitriles is 2. The molecule has 0 N–H and O–H groups in total. The molecule has 6 nitrogen and oxygen atoms in total. The molecular weight excluding hydrogens is 457 g/mol. The van der Waals surface area contributed by atoms with Gasteiger partial charge >= 0.3 is 0 Å². The van der Waals surface area contributed by atoms with Crippen LogP contribution in [0.25, 0.3) is 6.08 Å². The van der Waals surface area contributed by atoms with E-state index in [-0.39, 0.29) is 5.78 Å². The first-order valence-electron chi connectivity index (χ1n) is 11.4. The number of methoxy groups -OCH3 is 2. The van der Waals surface area contributed by atoms with E-state index in [9.17, 15) is 19.7 Å². The van der Waals surface area contributed by atoms with Crippen LogP contribution in [-0.4, -0.2) is 30.9 Å². The van der Waals surface area contributed by atoms with Crippen molar-refractivity contribution in [3.8, 4) is 23.6 Å². The standard InChI is InChI=1S/C29H22FN3O3/c1-35-23-12-9-20(15-24(23)36-2)27(34)26-25(19-7-10-21(30)11-8-19)29(16-31,17-32)28-22-6-4-3-5-18(22)13-14-33(26)28/h3-15,25-26,28H,1-2H3/t25-,26+,28-/m0/s1. The Balaban J connectivity index is 1.74. The number of Topliss-reactive ketones (excluding diaryl/α,β-unsaturated/α-hetero) is 1. The number of carbonyl (C=O) groups is 1. The maximum atomic E-state index is 14.2. The lowest BCUT2D eigenvalue weighted by molar-refractivity contribution is 0.0874. The van der Waals surface area contributed by atoms with Crippen LogP contribution in [0.3, 0.4) is 0 Å². The third-order valence-electron chi connectivity index (χ3n) is 7.11. The van der Waals surface area contributed by atoms with Gasteiger partial charge in [0.1, 0.15) is 11.9 Å². The van der Waals surface area contributed by atoms with Crippen molar-refractivity contribution in [3.05, 3.63) is 101 Å². The largest absolute Gasteiger partial charge is 0.493 e. The summed E-state index contributed by atoms with van der Waals surface area (Å²) in [6, 6.07) is 21.0. The van der Waals surface area contributed by atoms with Crippen molar-refractivity contribution < 1.29 is 18.7 Å². The Morgan fingerprint density at radius 3 is 2.33 bits per heavy atom. The molecule has 3 aromatic carbocycles. The molecule has 7 heteroatoms. The monoisotopic (exact) mass is 479 g/mol. The Kier molecular flexibility index (Phi) is 5.70. The Morgan fingerprint density at radius 1 is 0.972 bits per heavy atom. The molecule has 3 aromatic rings. The highest BCUT2D eigenvalue weighted by Crippen LogP contribution is 2.60. The van der Waals surface area contributed by atoms with Crippen molar-refractivity contribution in [1.29, 1.82) is 10.5 Å². The molecule has 0 saturated carbocycles. The summed E-state index contributed by atoms with van der Waals surface area (Å²) in [5, 5.41) is 21.1. The lowest BCUT2D eigenvalue weighted by Crippen LogP contribution is -2.37. The molecule has 0 spiro atoms. The van der Waals surface area contributed by atoms with Crippen LogP contribution in [0.2, 0.25) is 0 Å². The topological polar surface area (TPSA) is 86.3 Å². The van der Waals surface area contributed by atoms with Crippen LogP contribution in [0, 0.1) is 33.9 Å². The Bertz CT molecular complexity index is 1440. The zero-order valence-electron chi connectivity index (χ0n) is 19.7. The fourth-order valence-corrected chi connectivity index (χ4v) is 5.50. The van der Waals surface area contributed by atoms with Gasteiger partial charge in [-0.3, -0.25) is 4.79 Å². The van der Waals surface area contributed by atoms with Crippen molar-refractivity contribution in [2.75, 3.05) is 14.2 Å². The molecule has 1 saturated heterocycles. The van der Waals surface area contributed by atoms with E-state index < -0.39 is 29.2 Å². The highest BCUT2D eigenvalue weighted by molar-refractivity contribution is 6.02. The molecule has 0 aliphatic carbocycles. The number of nitrogens with zero attached hydrogens (tertiary/aromatic N) is 3. The second-order valence-corrected chi connectivity index (χ2v) is 8.80. The summed E-state index contributed by atoms with van der Waals surface area (Å²) in [5.41, 5.74) is 0.944. The number of carbonyl (C=O) groups excluding carboxylic acids is 1. The van der Waals surface area contributed by atoms with Gasteiger partial charge in [-0.2, -0.15) is 10.5 Å². The summed E-state index contributed by atoms with van der Waals surface area (Å²) in [6.45, 7) is 0. The van der Waals surface area contributed by atoms with Crippen molar-refractivity contribution in [3.63, 3.8) is 0 Å². The van der Waals surface area contributed by atoms with Gasteiger partial charge in [0.25, 0.3) is 0 Å². The molecule has 0 amide bonds.